The average Bonchev–Trinajstić information content (AvgIpc) is 3.15. The second-order valence-corrected chi connectivity index (χ2v) is 7.82. The number of aliphatic hydroxyl groups excluding tert-OH is 1. The van der Waals surface area contributed by atoms with Crippen molar-refractivity contribution in [3.8, 4) is 5.75 Å². The summed E-state index contributed by atoms with van der Waals surface area (Å²) in [6, 6.07) is 5.64. The summed E-state index contributed by atoms with van der Waals surface area (Å²) in [6.07, 6.45) is 4.61. The summed E-state index contributed by atoms with van der Waals surface area (Å²) >= 11 is 0. The third-order valence-electron chi connectivity index (χ3n) is 5.77. The lowest BCUT2D eigenvalue weighted by atomic mass is 9.84. The van der Waals surface area contributed by atoms with Crippen molar-refractivity contribution < 1.29 is 34.1 Å². The molecule has 0 radical (unpaired) electrons. The highest BCUT2D eigenvalue weighted by Gasteiger charge is 2.50. The smallest absolute Gasteiger partial charge is 0.305 e. The van der Waals surface area contributed by atoms with Gasteiger partial charge in [0.1, 0.15) is 18.2 Å². The van der Waals surface area contributed by atoms with Crippen LogP contribution in [0, 0.1) is 17.7 Å². The van der Waals surface area contributed by atoms with Gasteiger partial charge in [-0.25, -0.2) is 4.39 Å². The number of carbonyl (C=O) groups is 1. The lowest BCUT2D eigenvalue weighted by Gasteiger charge is -2.29. The molecule has 0 aromatic heterocycles. The van der Waals surface area contributed by atoms with Gasteiger partial charge in [0.2, 0.25) is 0 Å². The number of carboxylic acids is 1. The van der Waals surface area contributed by atoms with Gasteiger partial charge in [-0.05, 0) is 74.3 Å². The van der Waals surface area contributed by atoms with Gasteiger partial charge in [0.05, 0.1) is 24.7 Å². The Labute approximate surface area is 169 Å². The molecule has 8 heteroatoms. The summed E-state index contributed by atoms with van der Waals surface area (Å²) < 4.78 is 18.4. The maximum atomic E-state index is 12.9. The van der Waals surface area contributed by atoms with Crippen LogP contribution in [0.2, 0.25) is 0 Å². The summed E-state index contributed by atoms with van der Waals surface area (Å²) in [6.45, 7) is 0.166. The maximum Gasteiger partial charge on any atom is 0.305 e. The molecule has 7 nitrogen and oxygen atoms in total. The maximum absolute atomic E-state index is 12.9. The first-order valence-electron chi connectivity index (χ1n) is 9.97. The number of fused-ring (bicyclic) bond motifs is 1. The number of rotatable bonds is 11. The number of benzene rings is 1. The van der Waals surface area contributed by atoms with Gasteiger partial charge in [-0.3, -0.25) is 15.1 Å². The molecule has 4 atom stereocenters. The minimum absolute atomic E-state index is 0.0336. The molecule has 0 bridgehead atoms. The van der Waals surface area contributed by atoms with E-state index in [0.29, 0.717) is 25.0 Å². The molecule has 0 heterocycles. The van der Waals surface area contributed by atoms with E-state index in [1.54, 1.807) is 6.08 Å². The zero-order valence-corrected chi connectivity index (χ0v) is 16.2. The SMILES string of the molecule is O=C(O)CCONC1=C[C@@]2(O)[C@@H](CCC(O)COc3ccc(F)cc3)CC[C@H]2C1. The van der Waals surface area contributed by atoms with Crippen LogP contribution >= 0.6 is 0 Å². The minimum atomic E-state index is -0.934. The number of hydroxylamine groups is 1. The van der Waals surface area contributed by atoms with E-state index in [2.05, 4.69) is 5.48 Å². The molecule has 0 amide bonds. The predicted octanol–water partition coefficient (Wildman–Crippen LogP) is 2.39. The largest absolute Gasteiger partial charge is 0.491 e. The number of ether oxygens (including phenoxy) is 1. The Kier molecular flexibility index (Phi) is 7.10. The Morgan fingerprint density at radius 2 is 2.07 bits per heavy atom. The summed E-state index contributed by atoms with van der Waals surface area (Å²) in [4.78, 5) is 15.7. The highest BCUT2D eigenvalue weighted by molar-refractivity contribution is 5.66. The number of hydrogen-bond acceptors (Lipinski definition) is 6. The molecule has 1 fully saturated rings. The van der Waals surface area contributed by atoms with Crippen molar-refractivity contribution in [1.29, 1.82) is 0 Å². The van der Waals surface area contributed by atoms with Crippen molar-refractivity contribution in [2.45, 2.75) is 50.2 Å². The van der Waals surface area contributed by atoms with E-state index >= 15 is 0 Å². The van der Waals surface area contributed by atoms with E-state index < -0.39 is 17.7 Å². The summed E-state index contributed by atoms with van der Waals surface area (Å²) in [7, 11) is 0. The topological polar surface area (TPSA) is 108 Å². The molecule has 1 unspecified atom stereocenters. The number of carboxylic acid groups (broad SMARTS) is 1. The normalized spacial score (nSPS) is 26.7. The van der Waals surface area contributed by atoms with Gasteiger partial charge >= 0.3 is 5.97 Å². The van der Waals surface area contributed by atoms with Crippen molar-refractivity contribution >= 4 is 5.97 Å². The number of aliphatic hydroxyl groups is 2. The second-order valence-electron chi connectivity index (χ2n) is 7.82. The fourth-order valence-corrected chi connectivity index (χ4v) is 4.23. The zero-order chi connectivity index (χ0) is 20.9. The van der Waals surface area contributed by atoms with Crippen LogP contribution in [0.15, 0.2) is 36.0 Å². The molecule has 3 rings (SSSR count). The summed E-state index contributed by atoms with van der Waals surface area (Å²) in [5, 5.41) is 30.0. The molecule has 1 saturated carbocycles. The molecule has 0 saturated heterocycles. The van der Waals surface area contributed by atoms with Crippen LogP contribution in [-0.2, 0) is 9.63 Å². The van der Waals surface area contributed by atoms with Gasteiger partial charge in [-0.1, -0.05) is 0 Å². The number of hydrogen-bond donors (Lipinski definition) is 4. The quantitative estimate of drug-likeness (QED) is 0.328. The molecule has 2 aliphatic carbocycles. The molecule has 1 aromatic carbocycles. The molecule has 1 aromatic rings. The second kappa shape index (κ2) is 9.56. The molecular weight excluding hydrogens is 381 g/mol. The van der Waals surface area contributed by atoms with Crippen molar-refractivity contribution in [3.63, 3.8) is 0 Å². The Hall–Kier alpha value is -2.16. The Bertz CT molecular complexity index is 724. The van der Waals surface area contributed by atoms with Crippen LogP contribution in [0.5, 0.6) is 5.75 Å². The van der Waals surface area contributed by atoms with Gasteiger partial charge in [-0.2, -0.15) is 0 Å². The molecule has 160 valence electrons. The van der Waals surface area contributed by atoms with Crippen LogP contribution < -0.4 is 10.2 Å². The van der Waals surface area contributed by atoms with Crippen LogP contribution in [0.3, 0.4) is 0 Å². The lowest BCUT2D eigenvalue weighted by molar-refractivity contribution is -0.138. The first kappa shape index (κ1) is 21.5. The molecule has 0 spiro atoms. The van der Waals surface area contributed by atoms with Crippen LogP contribution in [0.25, 0.3) is 0 Å². The number of aliphatic carboxylic acids is 1. The fraction of sp³-hybridized carbons (Fsp3) is 0.571. The highest BCUT2D eigenvalue weighted by atomic mass is 19.1. The van der Waals surface area contributed by atoms with Crippen LogP contribution in [0.4, 0.5) is 4.39 Å². The first-order valence-corrected chi connectivity index (χ1v) is 9.97. The lowest BCUT2D eigenvalue weighted by Crippen LogP contribution is -2.35. The van der Waals surface area contributed by atoms with Crippen molar-refractivity contribution in [2.75, 3.05) is 13.2 Å². The Balaban J connectivity index is 1.43. The average molecular weight is 409 g/mol. The fourth-order valence-electron chi connectivity index (χ4n) is 4.23. The Morgan fingerprint density at radius 3 is 2.79 bits per heavy atom. The van der Waals surface area contributed by atoms with Gasteiger partial charge < -0.3 is 20.1 Å². The van der Waals surface area contributed by atoms with E-state index in [1.165, 1.54) is 24.3 Å². The molecule has 2 aliphatic rings. The van der Waals surface area contributed by atoms with Crippen LogP contribution in [-0.4, -0.2) is 46.2 Å². The van der Waals surface area contributed by atoms with Gasteiger partial charge in [0, 0.05) is 5.70 Å². The third kappa shape index (κ3) is 5.68. The van der Waals surface area contributed by atoms with Gasteiger partial charge in [-0.15, -0.1) is 0 Å². The number of nitrogens with one attached hydrogen (secondary N) is 1. The van der Waals surface area contributed by atoms with E-state index in [-0.39, 0.29) is 37.3 Å². The van der Waals surface area contributed by atoms with E-state index in [0.717, 1.165) is 18.5 Å². The van der Waals surface area contributed by atoms with E-state index in [4.69, 9.17) is 14.7 Å². The molecule has 0 aliphatic heterocycles. The first-order chi connectivity index (χ1) is 13.9. The minimum Gasteiger partial charge on any atom is -0.491 e. The number of halogens is 1. The predicted molar refractivity (Wildman–Crippen MR) is 102 cm³/mol. The number of allylic oxidation sites excluding steroid dienone is 1. The zero-order valence-electron chi connectivity index (χ0n) is 16.2. The third-order valence-corrected chi connectivity index (χ3v) is 5.77. The van der Waals surface area contributed by atoms with Crippen LogP contribution in [0.1, 0.15) is 38.5 Å². The summed E-state index contributed by atoms with van der Waals surface area (Å²) in [5.41, 5.74) is 2.60. The standard InChI is InChI=1S/C21H28FNO6/c22-16-4-7-19(8-5-16)28-13-18(24)6-3-14-1-2-15-11-17(12-21(14,15)27)23-29-10-9-20(25)26/h4-5,7-8,12,14-15,18,23-24,27H,1-3,6,9-11,13H2,(H,25,26)/t14-,15+,18?,21-/m1/s1. The van der Waals surface area contributed by atoms with E-state index in [1.807, 2.05) is 0 Å². The van der Waals surface area contributed by atoms with Crippen molar-refractivity contribution in [3.05, 3.63) is 41.9 Å². The molecule has 29 heavy (non-hydrogen) atoms. The van der Waals surface area contributed by atoms with Gasteiger partial charge in [0.25, 0.3) is 0 Å². The van der Waals surface area contributed by atoms with Gasteiger partial charge in [0.15, 0.2) is 0 Å². The molecular formula is C21H28FNO6. The van der Waals surface area contributed by atoms with Crippen molar-refractivity contribution in [1.82, 2.24) is 5.48 Å². The molecule has 4 N–H and O–H groups in total. The van der Waals surface area contributed by atoms with Crippen molar-refractivity contribution in [2.24, 2.45) is 11.8 Å². The van der Waals surface area contributed by atoms with E-state index in [9.17, 15) is 19.4 Å². The Morgan fingerprint density at radius 1 is 1.31 bits per heavy atom. The monoisotopic (exact) mass is 409 g/mol. The summed E-state index contributed by atoms with van der Waals surface area (Å²) in [5.74, 6) is -0.628. The highest BCUT2D eigenvalue weighted by Crippen LogP contribution is 2.50.